The summed E-state index contributed by atoms with van der Waals surface area (Å²) in [5, 5.41) is 18.3. The van der Waals surface area contributed by atoms with Crippen LogP contribution in [0.25, 0.3) is 0 Å². The summed E-state index contributed by atoms with van der Waals surface area (Å²) in [6, 6.07) is 0. The number of hydrogen-bond acceptors (Lipinski definition) is 8. The van der Waals surface area contributed by atoms with Crippen molar-refractivity contribution in [3.05, 3.63) is 10.0 Å². The minimum atomic E-state index is -1.18. The van der Waals surface area contributed by atoms with Crippen LogP contribution in [0.2, 0.25) is 0 Å². The Labute approximate surface area is 123 Å². The van der Waals surface area contributed by atoms with Gasteiger partial charge in [0.2, 0.25) is 0 Å². The predicted octanol–water partition coefficient (Wildman–Crippen LogP) is 4.58. The number of rotatable bonds is 4. The standard InChI is InChI=1S/C6H6I2N4S4/c1-3-9-11-5(13-3)15-8(7)16-6-12-10-4(2)14-6/h1-2H3. The molecule has 0 aliphatic heterocycles. The van der Waals surface area contributed by atoms with E-state index in [1.54, 1.807) is 22.7 Å². The molecule has 2 aromatic rings. The number of halogens is 2. The van der Waals surface area contributed by atoms with Crippen molar-refractivity contribution in [1.29, 1.82) is 0 Å². The Morgan fingerprint density at radius 3 is 1.69 bits per heavy atom. The molecule has 88 valence electrons. The summed E-state index contributed by atoms with van der Waals surface area (Å²) in [5.74, 6) is 0. The van der Waals surface area contributed by atoms with Crippen molar-refractivity contribution in [3.63, 3.8) is 0 Å². The van der Waals surface area contributed by atoms with E-state index in [9.17, 15) is 0 Å². The van der Waals surface area contributed by atoms with Gasteiger partial charge in [0, 0.05) is 0 Å². The van der Waals surface area contributed by atoms with Crippen molar-refractivity contribution in [1.82, 2.24) is 20.4 Å². The number of aryl methyl sites for hydroxylation is 2. The van der Waals surface area contributed by atoms with Crippen molar-refractivity contribution in [3.8, 4) is 0 Å². The molecule has 2 rings (SSSR count). The zero-order chi connectivity index (χ0) is 11.5. The van der Waals surface area contributed by atoms with E-state index in [-0.39, 0.29) is 0 Å². The van der Waals surface area contributed by atoms with Crippen LogP contribution in [0, 0.1) is 13.8 Å². The first kappa shape index (κ1) is 13.7. The fourth-order valence-corrected chi connectivity index (χ4v) is 25.2. The van der Waals surface area contributed by atoms with Crippen molar-refractivity contribution >= 4 is 72.2 Å². The molecule has 0 aliphatic carbocycles. The molecule has 0 unspecified atom stereocenters. The Morgan fingerprint density at radius 2 is 1.38 bits per heavy atom. The van der Waals surface area contributed by atoms with Crippen molar-refractivity contribution < 1.29 is 0 Å². The third-order valence-electron chi connectivity index (χ3n) is 1.27. The van der Waals surface area contributed by atoms with E-state index in [0.29, 0.717) is 0 Å². The number of nitrogens with zero attached hydrogens (tertiary/aromatic N) is 4. The summed E-state index contributed by atoms with van der Waals surface area (Å²) >= 11 is 4.67. The summed E-state index contributed by atoms with van der Waals surface area (Å²) in [6.07, 6.45) is 0. The van der Waals surface area contributed by atoms with E-state index in [0.717, 1.165) is 18.7 Å². The molecular formula is C6H6I2N4S4. The zero-order valence-corrected chi connectivity index (χ0v) is 15.8. The average molecular weight is 516 g/mol. The monoisotopic (exact) mass is 516 g/mol. The molecule has 0 radical (unpaired) electrons. The first-order valence-corrected chi connectivity index (χ1v) is 18.6. The third-order valence-corrected chi connectivity index (χ3v) is 19.8. The molecule has 4 nitrogen and oxygen atoms in total. The maximum absolute atomic E-state index is 4.12. The fraction of sp³-hybridized carbons (Fsp3) is 0.333. The SMILES string of the molecule is Cc1nnc(SI(I)Sc2nnc(C)s2)s1. The van der Waals surface area contributed by atoms with E-state index in [4.69, 9.17) is 0 Å². The van der Waals surface area contributed by atoms with Gasteiger partial charge in [-0.15, -0.1) is 0 Å². The molecule has 2 aromatic heterocycles. The Bertz CT molecular complexity index is 430. The Hall–Kier alpha value is 1.28. The van der Waals surface area contributed by atoms with Gasteiger partial charge in [-0.25, -0.2) is 0 Å². The maximum atomic E-state index is 4.12. The summed E-state index contributed by atoms with van der Waals surface area (Å²) in [4.78, 5) is 0. The molecule has 2 heterocycles. The van der Waals surface area contributed by atoms with Crippen LogP contribution in [0.4, 0.5) is 0 Å². The topological polar surface area (TPSA) is 51.6 Å². The minimum absolute atomic E-state index is 1.03. The molecule has 10 heteroatoms. The first-order valence-electron chi connectivity index (χ1n) is 3.97. The molecule has 0 bridgehead atoms. The molecule has 16 heavy (non-hydrogen) atoms. The summed E-state index contributed by atoms with van der Waals surface area (Å²) in [5.41, 5.74) is 0. The van der Waals surface area contributed by atoms with Crippen molar-refractivity contribution in [2.24, 2.45) is 0 Å². The average Bonchev–Trinajstić information content (AvgIpc) is 2.76. The van der Waals surface area contributed by atoms with Gasteiger partial charge in [-0.1, -0.05) is 0 Å². The van der Waals surface area contributed by atoms with Gasteiger partial charge in [-0.3, -0.25) is 0 Å². The van der Waals surface area contributed by atoms with Gasteiger partial charge < -0.3 is 0 Å². The van der Waals surface area contributed by atoms with Crippen LogP contribution in [-0.2, 0) is 0 Å². The third kappa shape index (κ3) is 4.19. The van der Waals surface area contributed by atoms with Gasteiger partial charge >= 0.3 is 125 Å². The van der Waals surface area contributed by atoms with Gasteiger partial charge in [0.05, 0.1) is 0 Å². The van der Waals surface area contributed by atoms with Crippen LogP contribution in [0.5, 0.6) is 0 Å². The van der Waals surface area contributed by atoms with E-state index >= 15 is 0 Å². The van der Waals surface area contributed by atoms with Gasteiger partial charge in [0.25, 0.3) is 0 Å². The van der Waals surface area contributed by atoms with Crippen molar-refractivity contribution in [2.45, 2.75) is 22.5 Å². The normalized spacial score (nSPS) is 11.8. The Balaban J connectivity index is 1.91. The van der Waals surface area contributed by atoms with Gasteiger partial charge in [0.1, 0.15) is 0 Å². The van der Waals surface area contributed by atoms with E-state index in [2.05, 4.69) is 39.0 Å². The van der Waals surface area contributed by atoms with Crippen LogP contribution in [0.3, 0.4) is 0 Å². The summed E-state index contributed by atoms with van der Waals surface area (Å²) in [6.45, 7) is 3.96. The molecule has 0 aromatic carbocycles. The van der Waals surface area contributed by atoms with Crippen LogP contribution in [0.15, 0.2) is 8.68 Å². The molecule has 0 saturated heterocycles. The second kappa shape index (κ2) is 6.45. The van der Waals surface area contributed by atoms with Gasteiger partial charge in [-0.2, -0.15) is 0 Å². The van der Waals surface area contributed by atoms with Crippen LogP contribution >= 0.6 is 72.2 Å². The summed E-state index contributed by atoms with van der Waals surface area (Å²) < 4.78 is 2.15. The molecule has 0 fully saturated rings. The summed E-state index contributed by atoms with van der Waals surface area (Å²) in [7, 11) is 3.72. The first-order chi connectivity index (χ1) is 7.63. The van der Waals surface area contributed by atoms with Crippen LogP contribution in [-0.4, -0.2) is 20.4 Å². The zero-order valence-electron chi connectivity index (χ0n) is 8.18. The molecule has 0 saturated carbocycles. The van der Waals surface area contributed by atoms with Crippen molar-refractivity contribution in [2.75, 3.05) is 0 Å². The number of hydrogen-bond donors (Lipinski definition) is 0. The fourth-order valence-electron chi connectivity index (χ4n) is 0.739. The van der Waals surface area contributed by atoms with E-state index < -0.39 is 13.1 Å². The van der Waals surface area contributed by atoms with E-state index in [1.807, 2.05) is 31.7 Å². The Kier molecular flexibility index (Phi) is 5.52. The number of aromatic nitrogens is 4. The van der Waals surface area contributed by atoms with Gasteiger partial charge in [-0.05, 0) is 0 Å². The molecular weight excluding hydrogens is 510 g/mol. The quantitative estimate of drug-likeness (QED) is 0.555. The van der Waals surface area contributed by atoms with Gasteiger partial charge in [0.15, 0.2) is 0 Å². The Morgan fingerprint density at radius 1 is 0.938 bits per heavy atom. The molecule has 0 aliphatic rings. The molecule has 0 amide bonds. The second-order valence-electron chi connectivity index (χ2n) is 2.51. The second-order valence-corrected chi connectivity index (χ2v) is 28.5. The predicted molar refractivity (Wildman–Crippen MR) is 89.0 cm³/mol. The molecule has 0 atom stereocenters. The van der Waals surface area contributed by atoms with Crippen LogP contribution < -0.4 is 0 Å². The van der Waals surface area contributed by atoms with E-state index in [1.165, 1.54) is 0 Å². The molecule has 0 spiro atoms. The van der Waals surface area contributed by atoms with Crippen LogP contribution in [0.1, 0.15) is 10.0 Å². The molecule has 0 N–H and O–H groups in total.